The average Bonchev–Trinajstić information content (AvgIpc) is 3.01. The maximum absolute atomic E-state index is 11.9. The maximum Gasteiger partial charge on any atom is 0.321 e. The van der Waals surface area contributed by atoms with Crippen LogP contribution < -0.4 is 15.5 Å². The molecule has 3 amide bonds. The molecule has 0 radical (unpaired) electrons. The first kappa shape index (κ1) is 14.8. The molecule has 0 saturated carbocycles. The second-order valence-corrected chi connectivity index (χ2v) is 5.16. The summed E-state index contributed by atoms with van der Waals surface area (Å²) in [6.45, 7) is 1.31. The highest BCUT2D eigenvalue weighted by Crippen LogP contribution is 2.19. The maximum atomic E-state index is 11.9. The van der Waals surface area contributed by atoms with Gasteiger partial charge in [-0.15, -0.1) is 0 Å². The summed E-state index contributed by atoms with van der Waals surface area (Å²) in [4.78, 5) is 25.2. The van der Waals surface area contributed by atoms with Crippen LogP contribution >= 0.6 is 0 Å². The summed E-state index contributed by atoms with van der Waals surface area (Å²) < 4.78 is 0. The molecule has 1 aliphatic rings. The molecule has 5 heteroatoms. The first-order chi connectivity index (χ1) is 11.2. The molecule has 0 spiro atoms. The monoisotopic (exact) mass is 307 g/mol. The van der Waals surface area contributed by atoms with Gasteiger partial charge in [0.25, 0.3) is 0 Å². The van der Waals surface area contributed by atoms with Crippen molar-refractivity contribution in [3.63, 3.8) is 0 Å². The third-order valence-corrected chi connectivity index (χ3v) is 3.53. The quantitative estimate of drug-likeness (QED) is 0.853. The van der Waals surface area contributed by atoms with Crippen molar-refractivity contribution in [1.29, 1.82) is 0 Å². The molecule has 1 saturated heterocycles. The molecule has 23 heavy (non-hydrogen) atoms. The fraction of sp³-hybridized carbons (Fsp3) is 0.111. The van der Waals surface area contributed by atoms with E-state index in [4.69, 9.17) is 0 Å². The number of amides is 3. The zero-order valence-corrected chi connectivity index (χ0v) is 12.5. The number of hydrogen-bond acceptors (Lipinski definition) is 2. The van der Waals surface area contributed by atoms with Crippen LogP contribution in [-0.2, 0) is 4.79 Å². The number of benzene rings is 2. The predicted molar refractivity (Wildman–Crippen MR) is 91.3 cm³/mol. The van der Waals surface area contributed by atoms with Crippen molar-refractivity contribution in [2.45, 2.75) is 0 Å². The molecular weight excluding hydrogens is 290 g/mol. The zero-order valence-electron chi connectivity index (χ0n) is 12.5. The number of nitrogens with one attached hydrogen (secondary N) is 2. The van der Waals surface area contributed by atoms with Gasteiger partial charge in [-0.25, -0.2) is 4.79 Å². The fourth-order valence-corrected chi connectivity index (χ4v) is 2.36. The Labute approximate surface area is 134 Å². The number of urea groups is 1. The molecule has 1 heterocycles. The van der Waals surface area contributed by atoms with E-state index in [9.17, 15) is 9.59 Å². The van der Waals surface area contributed by atoms with Gasteiger partial charge in [0, 0.05) is 30.5 Å². The summed E-state index contributed by atoms with van der Waals surface area (Å²) in [7, 11) is 0. The topological polar surface area (TPSA) is 61.4 Å². The van der Waals surface area contributed by atoms with Gasteiger partial charge in [-0.2, -0.15) is 0 Å². The smallest absolute Gasteiger partial charge is 0.321 e. The highest BCUT2D eigenvalue weighted by Gasteiger charge is 2.20. The van der Waals surface area contributed by atoms with Gasteiger partial charge in [-0.1, -0.05) is 30.3 Å². The van der Waals surface area contributed by atoms with Gasteiger partial charge in [0.1, 0.15) is 0 Å². The predicted octanol–water partition coefficient (Wildman–Crippen LogP) is 2.87. The van der Waals surface area contributed by atoms with Gasteiger partial charge in [0.15, 0.2) is 0 Å². The van der Waals surface area contributed by atoms with E-state index in [1.807, 2.05) is 42.5 Å². The summed E-state index contributed by atoms with van der Waals surface area (Å²) in [6.07, 6.45) is 3.26. The van der Waals surface area contributed by atoms with Crippen molar-refractivity contribution in [2.24, 2.45) is 0 Å². The van der Waals surface area contributed by atoms with Crippen LogP contribution in [0, 0.1) is 0 Å². The molecule has 2 N–H and O–H groups in total. The highest BCUT2D eigenvalue weighted by molar-refractivity contribution is 6.02. The van der Waals surface area contributed by atoms with Crippen LogP contribution in [0.1, 0.15) is 5.56 Å². The van der Waals surface area contributed by atoms with E-state index in [0.29, 0.717) is 18.8 Å². The first-order valence-corrected chi connectivity index (χ1v) is 7.42. The van der Waals surface area contributed by atoms with Crippen LogP contribution in [0.25, 0.3) is 6.08 Å². The number of anilines is 2. The molecule has 116 valence electrons. The van der Waals surface area contributed by atoms with Crippen LogP contribution in [0.2, 0.25) is 0 Å². The SMILES string of the molecule is O=C(/C=C/c1ccccc1)Nc1ccc(N2CCNC2=O)cc1. The van der Waals surface area contributed by atoms with E-state index >= 15 is 0 Å². The Balaban J connectivity index is 1.61. The van der Waals surface area contributed by atoms with Gasteiger partial charge < -0.3 is 10.6 Å². The van der Waals surface area contributed by atoms with Crippen LogP contribution in [0.3, 0.4) is 0 Å². The molecule has 2 aromatic rings. The molecule has 0 atom stereocenters. The van der Waals surface area contributed by atoms with E-state index in [0.717, 1.165) is 11.3 Å². The molecule has 0 aliphatic carbocycles. The molecule has 0 aromatic heterocycles. The number of hydrogen-bond donors (Lipinski definition) is 2. The number of carbonyl (C=O) groups excluding carboxylic acids is 2. The summed E-state index contributed by atoms with van der Waals surface area (Å²) in [5, 5.41) is 5.55. The summed E-state index contributed by atoms with van der Waals surface area (Å²) >= 11 is 0. The standard InChI is InChI=1S/C18H17N3O2/c22-17(11-6-14-4-2-1-3-5-14)20-15-7-9-16(10-8-15)21-13-12-19-18(21)23/h1-11H,12-13H2,(H,19,23)(H,20,22)/b11-6+. The van der Waals surface area contributed by atoms with Gasteiger partial charge in [0.2, 0.25) is 5.91 Å². The van der Waals surface area contributed by atoms with Crippen molar-refractivity contribution < 1.29 is 9.59 Å². The lowest BCUT2D eigenvalue weighted by molar-refractivity contribution is -0.111. The minimum absolute atomic E-state index is 0.0902. The molecular formula is C18H17N3O2. The first-order valence-electron chi connectivity index (χ1n) is 7.42. The molecule has 0 bridgehead atoms. The second-order valence-electron chi connectivity index (χ2n) is 5.16. The molecule has 0 unspecified atom stereocenters. The summed E-state index contributed by atoms with van der Waals surface area (Å²) in [5.41, 5.74) is 2.48. The molecule has 3 rings (SSSR count). The van der Waals surface area contributed by atoms with Gasteiger partial charge in [-0.3, -0.25) is 9.69 Å². The second kappa shape index (κ2) is 6.79. The van der Waals surface area contributed by atoms with Crippen molar-refractivity contribution in [3.8, 4) is 0 Å². The Bertz CT molecular complexity index is 724. The number of nitrogens with zero attached hydrogens (tertiary/aromatic N) is 1. The van der Waals surface area contributed by atoms with Crippen molar-refractivity contribution in [3.05, 3.63) is 66.2 Å². The third kappa shape index (κ3) is 3.77. The van der Waals surface area contributed by atoms with Gasteiger partial charge >= 0.3 is 6.03 Å². The molecule has 1 aliphatic heterocycles. The summed E-state index contributed by atoms with van der Waals surface area (Å²) in [6, 6.07) is 16.8. The lowest BCUT2D eigenvalue weighted by Crippen LogP contribution is -2.27. The molecule has 2 aromatic carbocycles. The molecule has 1 fully saturated rings. The van der Waals surface area contributed by atoms with Crippen molar-refractivity contribution in [2.75, 3.05) is 23.3 Å². The minimum Gasteiger partial charge on any atom is -0.336 e. The average molecular weight is 307 g/mol. The Morgan fingerprint density at radius 2 is 1.83 bits per heavy atom. The Morgan fingerprint density at radius 3 is 2.48 bits per heavy atom. The number of rotatable bonds is 4. The van der Waals surface area contributed by atoms with Crippen LogP contribution in [0.15, 0.2) is 60.7 Å². The largest absolute Gasteiger partial charge is 0.336 e. The Morgan fingerprint density at radius 1 is 1.09 bits per heavy atom. The van der Waals surface area contributed by atoms with Crippen molar-refractivity contribution in [1.82, 2.24) is 5.32 Å². The Kier molecular flexibility index (Phi) is 4.38. The summed E-state index contributed by atoms with van der Waals surface area (Å²) in [5.74, 6) is -0.194. The lowest BCUT2D eigenvalue weighted by Gasteiger charge is -2.14. The Hall–Kier alpha value is -3.08. The van der Waals surface area contributed by atoms with Gasteiger partial charge in [-0.05, 0) is 35.9 Å². The zero-order chi connectivity index (χ0) is 16.1. The third-order valence-electron chi connectivity index (χ3n) is 3.53. The highest BCUT2D eigenvalue weighted by atomic mass is 16.2. The van der Waals surface area contributed by atoms with E-state index in [-0.39, 0.29) is 11.9 Å². The normalized spacial score (nSPS) is 14.1. The van der Waals surface area contributed by atoms with Crippen LogP contribution in [-0.4, -0.2) is 25.0 Å². The fourth-order valence-electron chi connectivity index (χ4n) is 2.36. The lowest BCUT2D eigenvalue weighted by atomic mass is 10.2. The van der Waals surface area contributed by atoms with Gasteiger partial charge in [0.05, 0.1) is 0 Å². The number of carbonyl (C=O) groups is 2. The van der Waals surface area contributed by atoms with E-state index < -0.39 is 0 Å². The molecule has 5 nitrogen and oxygen atoms in total. The van der Waals surface area contributed by atoms with Crippen LogP contribution in [0.4, 0.5) is 16.2 Å². The van der Waals surface area contributed by atoms with E-state index in [1.165, 1.54) is 6.08 Å². The van der Waals surface area contributed by atoms with E-state index in [1.54, 1.807) is 23.1 Å². The minimum atomic E-state index is -0.194. The van der Waals surface area contributed by atoms with Crippen LogP contribution in [0.5, 0.6) is 0 Å². The van der Waals surface area contributed by atoms with Crippen molar-refractivity contribution >= 4 is 29.4 Å². The van der Waals surface area contributed by atoms with E-state index in [2.05, 4.69) is 10.6 Å².